The Morgan fingerprint density at radius 3 is 2.45 bits per heavy atom. The fourth-order valence-corrected chi connectivity index (χ4v) is 2.33. The molecule has 1 aromatic rings. The molecule has 0 fully saturated rings. The lowest BCUT2D eigenvalue weighted by Crippen LogP contribution is -2.37. The number of alkyl halides is 3. The van der Waals surface area contributed by atoms with Gasteiger partial charge in [0.05, 0.1) is 11.1 Å². The second kappa shape index (κ2) is 6.07. The highest BCUT2D eigenvalue weighted by Crippen LogP contribution is 2.26. The molecule has 3 amide bonds. The number of halogens is 4. The smallest absolute Gasteiger partial charge is 0.347 e. The zero-order valence-electron chi connectivity index (χ0n) is 11.0. The van der Waals surface area contributed by atoms with E-state index in [0.29, 0.717) is 4.47 Å². The van der Waals surface area contributed by atoms with Crippen LogP contribution in [0.1, 0.15) is 27.1 Å². The number of nitrogens with one attached hydrogen (secondary N) is 1. The van der Waals surface area contributed by atoms with Gasteiger partial charge in [0, 0.05) is 17.4 Å². The number of imide groups is 1. The van der Waals surface area contributed by atoms with Crippen LogP contribution in [0.2, 0.25) is 0 Å². The zero-order chi connectivity index (χ0) is 16.5. The van der Waals surface area contributed by atoms with Crippen molar-refractivity contribution in [3.8, 4) is 0 Å². The molecule has 0 saturated carbocycles. The molecule has 118 valence electrons. The van der Waals surface area contributed by atoms with E-state index in [9.17, 15) is 27.6 Å². The van der Waals surface area contributed by atoms with E-state index in [1.807, 2.05) is 0 Å². The number of hydrogen-bond acceptors (Lipinski definition) is 3. The van der Waals surface area contributed by atoms with E-state index in [2.05, 4.69) is 15.9 Å². The maximum Gasteiger partial charge on any atom is 0.405 e. The molecule has 1 aliphatic heterocycles. The van der Waals surface area contributed by atoms with Crippen molar-refractivity contribution in [3.63, 3.8) is 0 Å². The summed E-state index contributed by atoms with van der Waals surface area (Å²) in [5.41, 5.74) is 0.416. The number of benzene rings is 1. The van der Waals surface area contributed by atoms with Gasteiger partial charge in [-0.2, -0.15) is 13.2 Å². The largest absolute Gasteiger partial charge is 0.405 e. The van der Waals surface area contributed by atoms with Gasteiger partial charge in [-0.15, -0.1) is 0 Å². The number of hydrogen-bond donors (Lipinski definition) is 1. The third-order valence-corrected chi connectivity index (χ3v) is 3.47. The Hall–Kier alpha value is -1.90. The van der Waals surface area contributed by atoms with Gasteiger partial charge in [-0.25, -0.2) is 0 Å². The molecule has 9 heteroatoms. The Balaban J connectivity index is 1.97. The topological polar surface area (TPSA) is 66.5 Å². The highest BCUT2D eigenvalue weighted by molar-refractivity contribution is 9.10. The number of amides is 3. The summed E-state index contributed by atoms with van der Waals surface area (Å²) in [7, 11) is 0. The van der Waals surface area contributed by atoms with Gasteiger partial charge in [0.2, 0.25) is 5.91 Å². The van der Waals surface area contributed by atoms with Crippen molar-refractivity contribution >= 4 is 33.7 Å². The van der Waals surface area contributed by atoms with Gasteiger partial charge >= 0.3 is 6.18 Å². The lowest BCUT2D eigenvalue weighted by molar-refractivity contribution is -0.138. The molecule has 0 aliphatic carbocycles. The minimum Gasteiger partial charge on any atom is -0.347 e. The molecular formula is C13H10BrF3N2O3. The fourth-order valence-electron chi connectivity index (χ4n) is 1.97. The predicted octanol–water partition coefficient (Wildman–Crippen LogP) is 2.11. The van der Waals surface area contributed by atoms with Crippen LogP contribution < -0.4 is 5.32 Å². The van der Waals surface area contributed by atoms with Crippen LogP contribution in [0.4, 0.5) is 13.2 Å². The molecule has 5 nitrogen and oxygen atoms in total. The van der Waals surface area contributed by atoms with Crippen LogP contribution in [-0.2, 0) is 4.79 Å². The molecule has 1 N–H and O–H groups in total. The van der Waals surface area contributed by atoms with Crippen LogP contribution in [0.15, 0.2) is 22.7 Å². The number of carbonyl (C=O) groups excluding carboxylic acids is 3. The summed E-state index contributed by atoms with van der Waals surface area (Å²) in [6.07, 6.45) is -4.89. The van der Waals surface area contributed by atoms with Crippen molar-refractivity contribution in [1.29, 1.82) is 0 Å². The molecule has 22 heavy (non-hydrogen) atoms. The fraction of sp³-hybridized carbons (Fsp3) is 0.308. The molecule has 0 bridgehead atoms. The molecule has 0 saturated heterocycles. The summed E-state index contributed by atoms with van der Waals surface area (Å²) < 4.78 is 36.5. The first-order chi connectivity index (χ1) is 10.2. The maximum atomic E-state index is 12.1. The Morgan fingerprint density at radius 1 is 1.18 bits per heavy atom. The van der Waals surface area contributed by atoms with Gasteiger partial charge in [0.15, 0.2) is 0 Å². The van der Waals surface area contributed by atoms with Gasteiger partial charge in [0.25, 0.3) is 11.8 Å². The SMILES string of the molecule is O=C(CCN1C(=O)c2ccc(Br)cc2C1=O)NCC(F)(F)F. The van der Waals surface area contributed by atoms with Crippen molar-refractivity contribution < 1.29 is 27.6 Å². The van der Waals surface area contributed by atoms with Crippen LogP contribution in [0.5, 0.6) is 0 Å². The summed E-state index contributed by atoms with van der Waals surface area (Å²) in [6, 6.07) is 4.56. The van der Waals surface area contributed by atoms with Gasteiger partial charge in [-0.3, -0.25) is 19.3 Å². The quantitative estimate of drug-likeness (QED) is 0.816. The number of fused-ring (bicyclic) bond motifs is 1. The van der Waals surface area contributed by atoms with E-state index >= 15 is 0 Å². The Bertz CT molecular complexity index is 646. The van der Waals surface area contributed by atoms with Gasteiger partial charge in [-0.1, -0.05) is 15.9 Å². The summed E-state index contributed by atoms with van der Waals surface area (Å²) >= 11 is 3.18. The van der Waals surface area contributed by atoms with Crippen molar-refractivity contribution in [2.45, 2.75) is 12.6 Å². The Morgan fingerprint density at radius 2 is 1.82 bits per heavy atom. The zero-order valence-corrected chi connectivity index (χ0v) is 12.6. The second-order valence-electron chi connectivity index (χ2n) is 4.59. The predicted molar refractivity (Wildman–Crippen MR) is 73.2 cm³/mol. The van der Waals surface area contributed by atoms with Crippen molar-refractivity contribution in [2.75, 3.05) is 13.1 Å². The minimum atomic E-state index is -4.50. The minimum absolute atomic E-state index is 0.204. The highest BCUT2D eigenvalue weighted by Gasteiger charge is 2.35. The van der Waals surface area contributed by atoms with Gasteiger partial charge in [-0.05, 0) is 18.2 Å². The summed E-state index contributed by atoms with van der Waals surface area (Å²) in [5.74, 6) is -2.00. The molecule has 2 rings (SSSR count). The first-order valence-corrected chi connectivity index (χ1v) is 6.97. The monoisotopic (exact) mass is 378 g/mol. The van der Waals surface area contributed by atoms with E-state index in [-0.39, 0.29) is 24.1 Å². The molecule has 1 aliphatic rings. The number of nitrogens with zero attached hydrogens (tertiary/aromatic N) is 1. The third kappa shape index (κ3) is 3.65. The first kappa shape index (κ1) is 16.5. The van der Waals surface area contributed by atoms with Crippen molar-refractivity contribution in [3.05, 3.63) is 33.8 Å². The van der Waals surface area contributed by atoms with E-state index in [1.54, 1.807) is 11.4 Å². The number of carbonyl (C=O) groups is 3. The molecule has 1 aromatic carbocycles. The molecular weight excluding hydrogens is 369 g/mol. The van der Waals surface area contributed by atoms with Gasteiger partial charge < -0.3 is 5.32 Å². The first-order valence-electron chi connectivity index (χ1n) is 6.18. The highest BCUT2D eigenvalue weighted by atomic mass is 79.9. The summed E-state index contributed by atoms with van der Waals surface area (Å²) in [4.78, 5) is 36.3. The Kier molecular flexibility index (Phi) is 4.55. The summed E-state index contributed by atoms with van der Waals surface area (Å²) in [6.45, 7) is -1.71. The number of rotatable bonds is 4. The van der Waals surface area contributed by atoms with Crippen LogP contribution in [-0.4, -0.2) is 41.9 Å². The van der Waals surface area contributed by atoms with E-state index in [1.165, 1.54) is 12.1 Å². The van der Waals surface area contributed by atoms with Crippen molar-refractivity contribution in [2.24, 2.45) is 0 Å². The third-order valence-electron chi connectivity index (χ3n) is 2.98. The molecule has 0 aromatic heterocycles. The lowest BCUT2D eigenvalue weighted by atomic mass is 10.1. The van der Waals surface area contributed by atoms with E-state index < -0.39 is 30.4 Å². The lowest BCUT2D eigenvalue weighted by Gasteiger charge is -2.14. The standard InChI is InChI=1S/C13H10BrF3N2O3/c14-7-1-2-8-9(5-7)12(22)19(11(8)21)4-3-10(20)18-6-13(15,16)17/h1-2,5H,3-4,6H2,(H,18,20). The molecule has 0 unspecified atom stereocenters. The summed E-state index contributed by atoms with van der Waals surface area (Å²) in [5, 5.41) is 1.69. The Labute approximate surface area is 131 Å². The average Bonchev–Trinajstić information content (AvgIpc) is 2.65. The van der Waals surface area contributed by atoms with E-state index in [4.69, 9.17) is 0 Å². The maximum absolute atomic E-state index is 12.1. The normalized spacial score (nSPS) is 14.3. The van der Waals surface area contributed by atoms with Crippen LogP contribution in [0.3, 0.4) is 0 Å². The van der Waals surface area contributed by atoms with Crippen LogP contribution >= 0.6 is 15.9 Å². The average molecular weight is 379 g/mol. The molecule has 1 heterocycles. The van der Waals surface area contributed by atoms with Crippen molar-refractivity contribution in [1.82, 2.24) is 10.2 Å². The van der Waals surface area contributed by atoms with Crippen LogP contribution in [0.25, 0.3) is 0 Å². The van der Waals surface area contributed by atoms with Crippen LogP contribution in [0, 0.1) is 0 Å². The van der Waals surface area contributed by atoms with E-state index in [0.717, 1.165) is 4.90 Å². The molecule has 0 spiro atoms. The second-order valence-corrected chi connectivity index (χ2v) is 5.51. The molecule has 0 atom stereocenters. The molecule has 0 radical (unpaired) electrons. The van der Waals surface area contributed by atoms with Gasteiger partial charge in [0.1, 0.15) is 6.54 Å².